The summed E-state index contributed by atoms with van der Waals surface area (Å²) >= 11 is 7.60. The average molecular weight is 328 g/mol. The van der Waals surface area contributed by atoms with Crippen LogP contribution >= 0.6 is 22.9 Å². The molecule has 0 N–H and O–H groups in total. The number of carbonyl (C=O) groups is 1. The maximum Gasteiger partial charge on any atom is 0.161 e. The first-order valence-corrected chi connectivity index (χ1v) is 8.08. The smallest absolute Gasteiger partial charge is 0.161 e. The van der Waals surface area contributed by atoms with Gasteiger partial charge in [0.05, 0.1) is 0 Å². The number of thiophene rings is 1. The van der Waals surface area contributed by atoms with E-state index in [1.165, 1.54) is 0 Å². The van der Waals surface area contributed by atoms with Crippen LogP contribution in [0.25, 0.3) is 20.9 Å². The van der Waals surface area contributed by atoms with Crippen LogP contribution in [-0.4, -0.2) is 10.8 Å². The van der Waals surface area contributed by atoms with Gasteiger partial charge in [-0.2, -0.15) is 0 Å². The quantitative estimate of drug-likeness (QED) is 0.582. The Balaban J connectivity index is 2.22. The number of benzene rings is 1. The number of carbonyl (C=O) groups excluding carboxylic acids is 1. The lowest BCUT2D eigenvalue weighted by molar-refractivity contribution is 0.101. The zero-order chi connectivity index (χ0) is 15.7. The molecule has 0 fully saturated rings. The van der Waals surface area contributed by atoms with Gasteiger partial charge in [-0.1, -0.05) is 23.7 Å². The van der Waals surface area contributed by atoms with E-state index in [2.05, 4.69) is 4.98 Å². The SMILES string of the molecule is CC(=O)c1c(-c2ccc(Cl)cc2)sc(-c2ccncc2)c1C. The second-order valence-corrected chi connectivity index (χ2v) is 6.52. The molecule has 3 rings (SSSR count). The molecular weight excluding hydrogens is 314 g/mol. The molecular formula is C18H14ClNOS. The van der Waals surface area contributed by atoms with Crippen LogP contribution in [0.2, 0.25) is 5.02 Å². The molecule has 0 bridgehead atoms. The number of rotatable bonds is 3. The molecule has 2 heterocycles. The molecule has 2 nitrogen and oxygen atoms in total. The van der Waals surface area contributed by atoms with Crippen LogP contribution in [-0.2, 0) is 0 Å². The van der Waals surface area contributed by atoms with E-state index in [1.807, 2.05) is 43.3 Å². The third-order valence-electron chi connectivity index (χ3n) is 3.55. The van der Waals surface area contributed by atoms with Crippen molar-refractivity contribution in [2.24, 2.45) is 0 Å². The number of aromatic nitrogens is 1. The molecule has 0 aliphatic heterocycles. The van der Waals surface area contributed by atoms with E-state index in [-0.39, 0.29) is 5.78 Å². The Labute approximate surface area is 138 Å². The minimum Gasteiger partial charge on any atom is -0.294 e. The van der Waals surface area contributed by atoms with Gasteiger partial charge in [-0.3, -0.25) is 9.78 Å². The molecule has 0 aliphatic carbocycles. The van der Waals surface area contributed by atoms with Crippen LogP contribution < -0.4 is 0 Å². The van der Waals surface area contributed by atoms with Crippen LogP contribution in [0.5, 0.6) is 0 Å². The first-order chi connectivity index (χ1) is 10.6. The number of ketones is 1. The third-order valence-corrected chi connectivity index (χ3v) is 5.19. The van der Waals surface area contributed by atoms with Gasteiger partial charge in [0.25, 0.3) is 0 Å². The summed E-state index contributed by atoms with van der Waals surface area (Å²) in [6, 6.07) is 11.5. The predicted molar refractivity (Wildman–Crippen MR) is 92.7 cm³/mol. The van der Waals surface area contributed by atoms with Gasteiger partial charge in [0.15, 0.2) is 5.78 Å². The summed E-state index contributed by atoms with van der Waals surface area (Å²) in [6.07, 6.45) is 3.54. The van der Waals surface area contributed by atoms with E-state index in [9.17, 15) is 4.79 Å². The highest BCUT2D eigenvalue weighted by Gasteiger charge is 2.20. The third kappa shape index (κ3) is 2.70. The monoisotopic (exact) mass is 327 g/mol. The molecule has 4 heteroatoms. The minimum absolute atomic E-state index is 0.0824. The van der Waals surface area contributed by atoms with Crippen molar-refractivity contribution in [1.82, 2.24) is 4.98 Å². The highest BCUT2D eigenvalue weighted by molar-refractivity contribution is 7.19. The number of hydrogen-bond acceptors (Lipinski definition) is 3. The van der Waals surface area contributed by atoms with Gasteiger partial charge >= 0.3 is 0 Å². The zero-order valence-electron chi connectivity index (χ0n) is 12.3. The van der Waals surface area contributed by atoms with Gasteiger partial charge in [-0.05, 0) is 54.8 Å². The number of hydrogen-bond donors (Lipinski definition) is 0. The second-order valence-electron chi connectivity index (χ2n) is 5.06. The number of Topliss-reactive ketones (excluding diaryl/α,β-unsaturated/α-hetero) is 1. The molecule has 0 amide bonds. The maximum atomic E-state index is 12.1. The Morgan fingerprint density at radius 3 is 2.18 bits per heavy atom. The molecule has 22 heavy (non-hydrogen) atoms. The van der Waals surface area contributed by atoms with Crippen molar-refractivity contribution in [2.75, 3.05) is 0 Å². The summed E-state index contributed by atoms with van der Waals surface area (Å²) < 4.78 is 0. The molecule has 2 aromatic heterocycles. The minimum atomic E-state index is 0.0824. The van der Waals surface area contributed by atoms with Crippen molar-refractivity contribution in [2.45, 2.75) is 13.8 Å². The Morgan fingerprint density at radius 1 is 1.00 bits per heavy atom. The van der Waals surface area contributed by atoms with E-state index in [4.69, 9.17) is 11.6 Å². The van der Waals surface area contributed by atoms with Crippen molar-refractivity contribution in [3.05, 3.63) is 64.9 Å². The number of halogens is 1. The van der Waals surface area contributed by atoms with Crippen LogP contribution in [0.4, 0.5) is 0 Å². The first kappa shape index (κ1) is 14.9. The Morgan fingerprint density at radius 2 is 1.59 bits per heavy atom. The number of pyridine rings is 1. The fraction of sp³-hybridized carbons (Fsp3) is 0.111. The molecule has 0 aliphatic rings. The van der Waals surface area contributed by atoms with Crippen LogP contribution in [0, 0.1) is 6.92 Å². The van der Waals surface area contributed by atoms with Gasteiger partial charge in [0, 0.05) is 32.7 Å². The largest absolute Gasteiger partial charge is 0.294 e. The standard InChI is InChI=1S/C18H14ClNOS/c1-11-16(12(2)21)18(13-3-5-15(19)6-4-13)22-17(11)14-7-9-20-10-8-14/h3-10H,1-2H3. The molecule has 0 atom stereocenters. The van der Waals surface area contributed by atoms with Crippen molar-refractivity contribution in [1.29, 1.82) is 0 Å². The summed E-state index contributed by atoms with van der Waals surface area (Å²) in [6.45, 7) is 3.62. The van der Waals surface area contributed by atoms with Crippen molar-refractivity contribution < 1.29 is 4.79 Å². The molecule has 1 aromatic carbocycles. The molecule has 3 aromatic rings. The fourth-order valence-electron chi connectivity index (χ4n) is 2.52. The van der Waals surface area contributed by atoms with E-state index in [0.29, 0.717) is 5.02 Å². The average Bonchev–Trinajstić information content (AvgIpc) is 2.86. The maximum absolute atomic E-state index is 12.1. The summed E-state index contributed by atoms with van der Waals surface area (Å²) in [5.74, 6) is 0.0824. The Hall–Kier alpha value is -1.97. The lowest BCUT2D eigenvalue weighted by atomic mass is 10.0. The van der Waals surface area contributed by atoms with Gasteiger partial charge in [-0.15, -0.1) is 11.3 Å². The highest BCUT2D eigenvalue weighted by atomic mass is 35.5. The first-order valence-electron chi connectivity index (χ1n) is 6.88. The highest BCUT2D eigenvalue weighted by Crippen LogP contribution is 2.42. The normalized spacial score (nSPS) is 10.7. The summed E-state index contributed by atoms with van der Waals surface area (Å²) in [5, 5.41) is 0.691. The molecule has 0 saturated carbocycles. The van der Waals surface area contributed by atoms with Crippen molar-refractivity contribution >= 4 is 28.7 Å². The summed E-state index contributed by atoms with van der Waals surface area (Å²) in [4.78, 5) is 18.3. The molecule has 0 unspecified atom stereocenters. The van der Waals surface area contributed by atoms with Crippen molar-refractivity contribution in [3.63, 3.8) is 0 Å². The van der Waals surface area contributed by atoms with E-state index in [1.54, 1.807) is 30.7 Å². The molecule has 0 saturated heterocycles. The van der Waals surface area contributed by atoms with E-state index < -0.39 is 0 Å². The van der Waals surface area contributed by atoms with Crippen LogP contribution in [0.1, 0.15) is 22.8 Å². The lowest BCUT2D eigenvalue weighted by Crippen LogP contribution is -1.95. The van der Waals surface area contributed by atoms with Crippen LogP contribution in [0.15, 0.2) is 48.8 Å². The van der Waals surface area contributed by atoms with E-state index >= 15 is 0 Å². The Kier molecular flexibility index (Phi) is 4.10. The van der Waals surface area contributed by atoms with E-state index in [0.717, 1.165) is 32.0 Å². The van der Waals surface area contributed by atoms with Gasteiger partial charge in [0.2, 0.25) is 0 Å². The van der Waals surface area contributed by atoms with Gasteiger partial charge < -0.3 is 0 Å². The number of nitrogens with zero attached hydrogens (tertiary/aromatic N) is 1. The summed E-state index contributed by atoms with van der Waals surface area (Å²) in [7, 11) is 0. The Bertz CT molecular complexity index is 822. The second kappa shape index (κ2) is 6.03. The molecule has 0 radical (unpaired) electrons. The zero-order valence-corrected chi connectivity index (χ0v) is 13.8. The van der Waals surface area contributed by atoms with Gasteiger partial charge in [-0.25, -0.2) is 0 Å². The fourth-order valence-corrected chi connectivity index (χ4v) is 4.01. The summed E-state index contributed by atoms with van der Waals surface area (Å²) in [5.41, 5.74) is 3.91. The van der Waals surface area contributed by atoms with Crippen molar-refractivity contribution in [3.8, 4) is 20.9 Å². The molecule has 110 valence electrons. The topological polar surface area (TPSA) is 30.0 Å². The van der Waals surface area contributed by atoms with Gasteiger partial charge in [0.1, 0.15) is 0 Å². The van der Waals surface area contributed by atoms with Crippen LogP contribution in [0.3, 0.4) is 0 Å². The molecule has 0 spiro atoms. The predicted octanol–water partition coefficient (Wildman–Crippen LogP) is 5.64. The lowest BCUT2D eigenvalue weighted by Gasteiger charge is -2.02.